The molecular weight excluding hydrogens is 1580 g/mol. The van der Waals surface area contributed by atoms with E-state index in [1.54, 1.807) is 12.4 Å². The van der Waals surface area contributed by atoms with Gasteiger partial charge in [0.2, 0.25) is 13.4 Å². The first kappa shape index (κ1) is 74.0. The third-order valence-electron chi connectivity index (χ3n) is 17.4. The fourth-order valence-corrected chi connectivity index (χ4v) is 13.5. The summed E-state index contributed by atoms with van der Waals surface area (Å²) >= 11 is 0. The molecule has 8 nitrogen and oxygen atoms in total. The average molecular weight is 1660 g/mol. The van der Waals surface area contributed by atoms with Crippen molar-refractivity contribution >= 4 is 80.3 Å². The zero-order valence-corrected chi connectivity index (χ0v) is 62.1. The largest absolute Gasteiger partial charge is 0.400 e. The fraction of sp³-hybridized carbons (Fsp3) is 0.0909. The SMILES string of the molecule is CO.CO.Cc1cc(C)c(B2c3cc(-c4ccccn4)[c-]cc3N(c3ccccc3)c3ccccc32)c(C)c1.Cc1cc(C)c(B2c3ccccc3N(c3ccccc3)c3ccc(-c4ccccn4)cc32)c(C)c1.[Ir].[Ir].[c-]1ccccc1-c1ccccn1.[c-]1ccccc1-c1ccccn1. The number of anilines is 6. The molecule has 0 fully saturated rings. The number of fused-ring (bicyclic) bond motifs is 4. The van der Waals surface area contributed by atoms with Gasteiger partial charge in [-0.2, -0.15) is 0 Å². The second-order valence-corrected chi connectivity index (χ2v) is 23.8. The molecule has 16 rings (SSSR count). The standard InChI is InChI=1S/C32H27BN2.C32H26BN2.2C11H8N.2CH4O.2Ir/c2*1-22-19-23(2)32(24(3)20-22)33-27-13-7-8-15-30(27)35(26-11-5-4-6-12-26)31-17-16-25(21-28(31)33)29-14-9-10-18-34-29;2*1-2-6-10(7-3-1)11-8-4-5-9-12-11;2*1-2;;/h4-21H,1-3H3;4-15,17-21H,1-3H3;2*1-6,8-9H;2*2H,1H3;;/q;3*-1;;;;. The van der Waals surface area contributed by atoms with Gasteiger partial charge in [0.05, 0.1) is 5.69 Å². The van der Waals surface area contributed by atoms with Crippen molar-refractivity contribution in [3.8, 4) is 45.0 Å². The van der Waals surface area contributed by atoms with Gasteiger partial charge in [-0.25, -0.2) is 0 Å². The number of para-hydroxylation sites is 4. The fourth-order valence-electron chi connectivity index (χ4n) is 13.5. The number of aryl methyl sites for hydroxylation is 6. The van der Waals surface area contributed by atoms with E-state index in [0.717, 1.165) is 64.9 Å². The first-order valence-corrected chi connectivity index (χ1v) is 32.9. The molecule has 0 aliphatic carbocycles. The predicted molar refractivity (Wildman–Crippen MR) is 411 cm³/mol. The monoisotopic (exact) mass is 1660 g/mol. The van der Waals surface area contributed by atoms with E-state index in [0.29, 0.717) is 0 Å². The van der Waals surface area contributed by atoms with Gasteiger partial charge in [-0.15, -0.1) is 101 Å². The van der Waals surface area contributed by atoms with Crippen molar-refractivity contribution in [1.82, 2.24) is 19.9 Å². The second-order valence-electron chi connectivity index (χ2n) is 23.8. The number of aliphatic hydroxyl groups excluding tert-OH is 2. The Balaban J connectivity index is 0.000000167. The molecular formula is C88H77B2Ir2N6O2-3. The van der Waals surface area contributed by atoms with Gasteiger partial charge >= 0.3 is 0 Å². The summed E-state index contributed by atoms with van der Waals surface area (Å²) in [6.07, 6.45) is 7.29. The van der Waals surface area contributed by atoms with Gasteiger partial charge in [-0.3, -0.25) is 4.98 Å². The van der Waals surface area contributed by atoms with E-state index in [2.05, 4.69) is 271 Å². The molecule has 12 heteroatoms. The van der Waals surface area contributed by atoms with Gasteiger partial charge in [-0.1, -0.05) is 196 Å². The van der Waals surface area contributed by atoms with Crippen molar-refractivity contribution in [1.29, 1.82) is 0 Å². The van der Waals surface area contributed by atoms with Gasteiger partial charge in [0.1, 0.15) is 0 Å². The molecule has 2 aliphatic rings. The van der Waals surface area contributed by atoms with E-state index < -0.39 is 0 Å². The number of nitrogens with zero attached hydrogens (tertiary/aromatic N) is 6. The number of aromatic nitrogens is 4. The average Bonchev–Trinajstić information content (AvgIpc) is 0.734. The summed E-state index contributed by atoms with van der Waals surface area (Å²) in [5.41, 5.74) is 31.2. The number of pyridine rings is 4. The summed E-state index contributed by atoms with van der Waals surface area (Å²) in [6.45, 7) is 13.6. The van der Waals surface area contributed by atoms with Crippen molar-refractivity contribution in [2.75, 3.05) is 24.0 Å². The third-order valence-corrected chi connectivity index (χ3v) is 17.4. The number of hydrogen-bond acceptors (Lipinski definition) is 8. The molecule has 2 radical (unpaired) electrons. The number of aliphatic hydroxyl groups is 2. The molecule has 2 aliphatic heterocycles. The van der Waals surface area contributed by atoms with Crippen LogP contribution in [-0.4, -0.2) is 57.8 Å². The molecule has 14 aromatic rings. The topological polar surface area (TPSA) is 98.5 Å². The molecule has 0 saturated carbocycles. The van der Waals surface area contributed by atoms with E-state index in [4.69, 9.17) is 10.2 Å². The maximum absolute atomic E-state index is 7.00. The van der Waals surface area contributed by atoms with Gasteiger partial charge < -0.3 is 35.0 Å². The Labute approximate surface area is 618 Å². The van der Waals surface area contributed by atoms with Crippen LogP contribution in [0.4, 0.5) is 34.1 Å². The van der Waals surface area contributed by atoms with Crippen LogP contribution in [0.15, 0.2) is 310 Å². The van der Waals surface area contributed by atoms with Crippen LogP contribution in [0, 0.1) is 59.7 Å². The van der Waals surface area contributed by atoms with Crippen LogP contribution in [0.3, 0.4) is 0 Å². The first-order valence-electron chi connectivity index (χ1n) is 32.9. The Morgan fingerprint density at radius 1 is 0.300 bits per heavy atom. The van der Waals surface area contributed by atoms with Crippen LogP contribution in [0.5, 0.6) is 0 Å². The second kappa shape index (κ2) is 36.0. The molecule has 0 bridgehead atoms. The van der Waals surface area contributed by atoms with Crippen LogP contribution in [-0.2, 0) is 40.2 Å². The minimum absolute atomic E-state index is 0. The molecule has 4 aromatic heterocycles. The summed E-state index contributed by atoms with van der Waals surface area (Å²) in [5, 5.41) is 14.0. The number of benzene rings is 10. The van der Waals surface area contributed by atoms with Crippen LogP contribution in [0.25, 0.3) is 45.0 Å². The predicted octanol–water partition coefficient (Wildman–Crippen LogP) is 16.1. The minimum atomic E-state index is 0. The zero-order valence-electron chi connectivity index (χ0n) is 57.3. The van der Waals surface area contributed by atoms with E-state index in [1.165, 1.54) is 94.6 Å². The number of hydrogen-bond donors (Lipinski definition) is 2. The molecule has 2 N–H and O–H groups in total. The van der Waals surface area contributed by atoms with Crippen LogP contribution < -0.4 is 42.6 Å². The van der Waals surface area contributed by atoms with Crippen molar-refractivity contribution in [2.45, 2.75) is 41.5 Å². The Hall–Kier alpha value is -10.3. The van der Waals surface area contributed by atoms with Gasteiger partial charge in [0.15, 0.2) is 0 Å². The van der Waals surface area contributed by atoms with Crippen molar-refractivity contribution in [3.05, 3.63) is 361 Å². The van der Waals surface area contributed by atoms with E-state index >= 15 is 0 Å². The summed E-state index contributed by atoms with van der Waals surface area (Å²) < 4.78 is 0. The molecule has 0 atom stereocenters. The maximum atomic E-state index is 7.00. The van der Waals surface area contributed by atoms with Crippen molar-refractivity contribution in [2.24, 2.45) is 0 Å². The van der Waals surface area contributed by atoms with Crippen LogP contribution in [0.1, 0.15) is 33.4 Å². The van der Waals surface area contributed by atoms with E-state index in [9.17, 15) is 0 Å². The first-order chi connectivity index (χ1) is 48.2. The summed E-state index contributed by atoms with van der Waals surface area (Å²) in [4.78, 5) is 22.5. The normalized spacial score (nSPS) is 11.1. The van der Waals surface area contributed by atoms with Crippen molar-refractivity contribution < 1.29 is 50.4 Å². The smallest absolute Gasteiger partial charge is 0.247 e. The summed E-state index contributed by atoms with van der Waals surface area (Å²) in [7, 11) is 2.00. The van der Waals surface area contributed by atoms with E-state index in [-0.39, 0.29) is 53.6 Å². The van der Waals surface area contributed by atoms with Crippen molar-refractivity contribution in [3.63, 3.8) is 0 Å². The zero-order chi connectivity index (χ0) is 68.3. The third kappa shape index (κ3) is 16.9. The molecule has 6 heterocycles. The van der Waals surface area contributed by atoms with Crippen LogP contribution >= 0.6 is 0 Å². The molecule has 10 aromatic carbocycles. The molecule has 0 unspecified atom stereocenters. The Bertz CT molecular complexity index is 4450. The molecule has 100 heavy (non-hydrogen) atoms. The van der Waals surface area contributed by atoms with Crippen LogP contribution in [0.2, 0.25) is 0 Å². The Morgan fingerprint density at radius 2 is 0.650 bits per heavy atom. The Kier molecular flexibility index (Phi) is 26.6. The molecule has 0 amide bonds. The van der Waals surface area contributed by atoms with Gasteiger partial charge in [0, 0.05) is 108 Å². The summed E-state index contributed by atoms with van der Waals surface area (Å²) in [5.74, 6) is 0. The maximum Gasteiger partial charge on any atom is 0.247 e. The quantitative estimate of drug-likeness (QED) is 0.115. The number of rotatable bonds is 8. The van der Waals surface area contributed by atoms with Gasteiger partial charge in [0.25, 0.3) is 0 Å². The molecule has 0 saturated heterocycles. The molecule has 0 spiro atoms. The van der Waals surface area contributed by atoms with Gasteiger partial charge in [-0.05, 0) is 159 Å². The Morgan fingerprint density at radius 3 is 1.05 bits per heavy atom. The molecule has 498 valence electrons. The summed E-state index contributed by atoms with van der Waals surface area (Å²) in [6, 6.07) is 109. The minimum Gasteiger partial charge on any atom is -0.400 e. The van der Waals surface area contributed by atoms with E-state index in [1.807, 2.05) is 116 Å².